The predicted molar refractivity (Wildman–Crippen MR) is 115 cm³/mol. The van der Waals surface area contributed by atoms with Gasteiger partial charge in [-0.05, 0) is 24.1 Å². The summed E-state index contributed by atoms with van der Waals surface area (Å²) >= 11 is 1.27. The van der Waals surface area contributed by atoms with Gasteiger partial charge in [-0.15, -0.1) is 10.2 Å². The number of aryl methyl sites for hydroxylation is 1. The number of para-hydroxylation sites is 1. The second-order valence-electron chi connectivity index (χ2n) is 6.13. The van der Waals surface area contributed by atoms with Crippen molar-refractivity contribution in [1.29, 1.82) is 5.26 Å². The largest absolute Gasteiger partial charge is 0.493 e. The molecular formula is C22H20N4O3S. The van der Waals surface area contributed by atoms with E-state index in [-0.39, 0.29) is 5.57 Å². The van der Waals surface area contributed by atoms with Crippen LogP contribution in [0.5, 0.6) is 11.5 Å². The number of rotatable bonds is 8. The zero-order valence-electron chi connectivity index (χ0n) is 16.6. The molecule has 3 rings (SSSR count). The van der Waals surface area contributed by atoms with Crippen LogP contribution in [-0.2, 0) is 17.8 Å². The second-order valence-corrected chi connectivity index (χ2v) is 7.19. The number of anilines is 1. The van der Waals surface area contributed by atoms with Crippen molar-refractivity contribution in [3.63, 3.8) is 0 Å². The second kappa shape index (κ2) is 10.2. The first kappa shape index (κ1) is 21.0. The summed E-state index contributed by atoms with van der Waals surface area (Å²) in [6.45, 7) is 2.27. The van der Waals surface area contributed by atoms with E-state index in [1.54, 1.807) is 18.2 Å². The van der Waals surface area contributed by atoms with E-state index in [0.29, 0.717) is 28.8 Å². The lowest BCUT2D eigenvalue weighted by Gasteiger charge is -2.14. The van der Waals surface area contributed by atoms with Gasteiger partial charge in [-0.1, -0.05) is 60.7 Å². The van der Waals surface area contributed by atoms with E-state index in [9.17, 15) is 10.1 Å². The maximum absolute atomic E-state index is 12.6. The maximum Gasteiger partial charge on any atom is 0.268 e. The van der Waals surface area contributed by atoms with Crippen molar-refractivity contribution in [3.05, 3.63) is 70.2 Å². The molecule has 0 radical (unpaired) electrons. The molecule has 0 unspecified atom stereocenters. The van der Waals surface area contributed by atoms with Gasteiger partial charge in [0.15, 0.2) is 11.5 Å². The summed E-state index contributed by atoms with van der Waals surface area (Å²) < 4.78 is 11.4. The van der Waals surface area contributed by atoms with Crippen molar-refractivity contribution in [3.8, 4) is 17.6 Å². The van der Waals surface area contributed by atoms with Crippen LogP contribution < -0.4 is 14.8 Å². The molecule has 0 atom stereocenters. The average molecular weight is 420 g/mol. The van der Waals surface area contributed by atoms with Crippen LogP contribution in [0.25, 0.3) is 6.08 Å². The van der Waals surface area contributed by atoms with Crippen LogP contribution >= 0.6 is 11.3 Å². The van der Waals surface area contributed by atoms with E-state index in [1.807, 2.05) is 43.3 Å². The normalized spacial score (nSPS) is 10.9. The molecular weight excluding hydrogens is 400 g/mol. The van der Waals surface area contributed by atoms with E-state index >= 15 is 0 Å². The lowest BCUT2D eigenvalue weighted by Crippen LogP contribution is -2.13. The minimum Gasteiger partial charge on any atom is -0.493 e. The highest BCUT2D eigenvalue weighted by Gasteiger charge is 2.16. The highest BCUT2D eigenvalue weighted by Crippen LogP contribution is 2.33. The molecule has 1 aromatic heterocycles. The third-order valence-electron chi connectivity index (χ3n) is 4.11. The molecule has 0 aliphatic heterocycles. The summed E-state index contributed by atoms with van der Waals surface area (Å²) in [7, 11) is 1.54. The Labute approximate surface area is 178 Å². The van der Waals surface area contributed by atoms with Gasteiger partial charge in [-0.25, -0.2) is 0 Å². The molecule has 0 bridgehead atoms. The highest BCUT2D eigenvalue weighted by atomic mass is 32.1. The summed E-state index contributed by atoms with van der Waals surface area (Å²) in [6, 6.07) is 16.9. The summed E-state index contributed by atoms with van der Waals surface area (Å²) in [5.41, 5.74) is 1.46. The molecule has 0 fully saturated rings. The smallest absolute Gasteiger partial charge is 0.268 e. The molecule has 0 spiro atoms. The Morgan fingerprint density at radius 3 is 2.67 bits per heavy atom. The Morgan fingerprint density at radius 1 is 1.20 bits per heavy atom. The van der Waals surface area contributed by atoms with Gasteiger partial charge < -0.3 is 9.47 Å². The fraction of sp³-hybridized carbons (Fsp3) is 0.182. The summed E-state index contributed by atoms with van der Waals surface area (Å²) in [5.74, 6) is 0.399. The third kappa shape index (κ3) is 5.21. The number of aromatic nitrogens is 2. The van der Waals surface area contributed by atoms with Gasteiger partial charge in [-0.2, -0.15) is 5.26 Å². The molecule has 0 saturated carbocycles. The first-order valence-corrected chi connectivity index (χ1v) is 10.1. The Hall–Kier alpha value is -3.70. The molecule has 1 N–H and O–H groups in total. The van der Waals surface area contributed by atoms with Crippen LogP contribution in [0, 0.1) is 11.3 Å². The van der Waals surface area contributed by atoms with Crippen molar-refractivity contribution in [2.45, 2.75) is 20.0 Å². The van der Waals surface area contributed by atoms with Crippen LogP contribution in [0.3, 0.4) is 0 Å². The van der Waals surface area contributed by atoms with Crippen LogP contribution in [0.2, 0.25) is 0 Å². The van der Waals surface area contributed by atoms with Crippen molar-refractivity contribution >= 4 is 28.5 Å². The van der Waals surface area contributed by atoms with Crippen molar-refractivity contribution in [2.75, 3.05) is 12.4 Å². The average Bonchev–Trinajstić information content (AvgIpc) is 3.24. The van der Waals surface area contributed by atoms with Crippen molar-refractivity contribution in [1.82, 2.24) is 10.2 Å². The van der Waals surface area contributed by atoms with Gasteiger partial charge in [0.25, 0.3) is 5.91 Å². The zero-order valence-corrected chi connectivity index (χ0v) is 17.4. The van der Waals surface area contributed by atoms with E-state index in [2.05, 4.69) is 15.5 Å². The van der Waals surface area contributed by atoms with Gasteiger partial charge in [0.2, 0.25) is 5.13 Å². The summed E-state index contributed by atoms with van der Waals surface area (Å²) in [6.07, 6.45) is 2.19. The van der Waals surface area contributed by atoms with Crippen molar-refractivity contribution < 1.29 is 14.3 Å². The molecule has 152 valence electrons. The minimum atomic E-state index is -0.562. The third-order valence-corrected chi connectivity index (χ3v) is 5.09. The number of ether oxygens (including phenoxy) is 2. The summed E-state index contributed by atoms with van der Waals surface area (Å²) in [5, 5.41) is 21.2. The SMILES string of the molecule is CCc1nnc(NC(=O)/C(C#N)=C/c2cccc(OC)c2OCc2ccccc2)s1. The molecule has 7 nitrogen and oxygen atoms in total. The minimum absolute atomic E-state index is 0.0823. The monoisotopic (exact) mass is 420 g/mol. The number of nitriles is 1. The molecule has 2 aromatic carbocycles. The molecule has 1 amide bonds. The van der Waals surface area contributed by atoms with E-state index in [0.717, 1.165) is 17.0 Å². The van der Waals surface area contributed by atoms with Gasteiger partial charge in [0.1, 0.15) is 23.3 Å². The molecule has 0 aliphatic carbocycles. The molecule has 8 heteroatoms. The van der Waals surface area contributed by atoms with Crippen LogP contribution in [0.1, 0.15) is 23.1 Å². The maximum atomic E-state index is 12.6. The van der Waals surface area contributed by atoms with Crippen LogP contribution in [-0.4, -0.2) is 23.2 Å². The van der Waals surface area contributed by atoms with E-state index in [1.165, 1.54) is 24.5 Å². The highest BCUT2D eigenvalue weighted by molar-refractivity contribution is 7.15. The van der Waals surface area contributed by atoms with Crippen LogP contribution in [0.15, 0.2) is 54.1 Å². The lowest BCUT2D eigenvalue weighted by molar-refractivity contribution is -0.112. The predicted octanol–water partition coefficient (Wildman–Crippen LogP) is 4.23. The Balaban J connectivity index is 1.85. The fourth-order valence-corrected chi connectivity index (χ4v) is 3.28. The lowest BCUT2D eigenvalue weighted by atomic mass is 10.1. The number of carbonyl (C=O) groups excluding carboxylic acids is 1. The first-order valence-electron chi connectivity index (χ1n) is 9.23. The Bertz CT molecular complexity index is 1090. The molecule has 3 aromatic rings. The van der Waals surface area contributed by atoms with Gasteiger partial charge >= 0.3 is 0 Å². The van der Waals surface area contributed by atoms with Gasteiger partial charge in [0.05, 0.1) is 7.11 Å². The fourth-order valence-electron chi connectivity index (χ4n) is 2.61. The number of carbonyl (C=O) groups is 1. The Kier molecular flexibility index (Phi) is 7.14. The van der Waals surface area contributed by atoms with E-state index in [4.69, 9.17) is 9.47 Å². The molecule has 1 heterocycles. The standard InChI is InChI=1S/C22H20N4O3S/c1-3-19-25-26-22(30-19)24-21(27)17(13-23)12-16-10-7-11-18(28-2)20(16)29-14-15-8-5-4-6-9-15/h4-12H,3,14H2,1-2H3,(H,24,26,27)/b17-12+. The number of nitrogens with zero attached hydrogens (tertiary/aromatic N) is 3. The first-order chi connectivity index (χ1) is 14.6. The zero-order chi connectivity index (χ0) is 21.3. The number of nitrogens with one attached hydrogen (secondary N) is 1. The molecule has 30 heavy (non-hydrogen) atoms. The van der Waals surface area contributed by atoms with Crippen LogP contribution in [0.4, 0.5) is 5.13 Å². The number of hydrogen-bond donors (Lipinski definition) is 1. The number of methoxy groups -OCH3 is 1. The quantitative estimate of drug-likeness (QED) is 0.433. The number of benzene rings is 2. The van der Waals surface area contributed by atoms with Crippen molar-refractivity contribution in [2.24, 2.45) is 0 Å². The Morgan fingerprint density at radius 2 is 2.00 bits per heavy atom. The van der Waals surface area contributed by atoms with Gasteiger partial charge in [0, 0.05) is 5.56 Å². The number of hydrogen-bond acceptors (Lipinski definition) is 7. The van der Waals surface area contributed by atoms with Gasteiger partial charge in [-0.3, -0.25) is 10.1 Å². The summed E-state index contributed by atoms with van der Waals surface area (Å²) in [4.78, 5) is 12.6. The van der Waals surface area contributed by atoms with E-state index < -0.39 is 5.91 Å². The molecule has 0 aliphatic rings. The topological polar surface area (TPSA) is 97.1 Å². The number of amides is 1. The molecule has 0 saturated heterocycles.